The standard InChI is InChI=1S/C22H30F2N6O3S3/c1-12-7-18(30(2)27-12)25-11-34-28-14-5-6-17-16(8-14)19(21(35-17)26-20(31)13-3-4-13)36(32,33)29-15-9-22(23,24)10-15/h7,13-15,25,28-29H,3-6,8-11H2,1-2H3,(H,26,31)/t14-/m0/s1. The van der Waals surface area contributed by atoms with Crippen molar-refractivity contribution in [1.82, 2.24) is 19.2 Å². The van der Waals surface area contributed by atoms with Crippen LogP contribution in [0, 0.1) is 12.8 Å². The molecule has 9 nitrogen and oxygen atoms in total. The highest BCUT2D eigenvalue weighted by atomic mass is 32.2. The Morgan fingerprint density at radius 3 is 2.67 bits per heavy atom. The Morgan fingerprint density at radius 1 is 1.28 bits per heavy atom. The third kappa shape index (κ3) is 5.72. The summed E-state index contributed by atoms with van der Waals surface area (Å²) in [6.45, 7) is 1.93. The highest BCUT2D eigenvalue weighted by molar-refractivity contribution is 7.97. The normalized spacial score (nSPS) is 21.6. The molecule has 2 heterocycles. The minimum Gasteiger partial charge on any atom is -0.360 e. The molecule has 0 spiro atoms. The van der Waals surface area contributed by atoms with E-state index in [0.717, 1.165) is 35.7 Å². The molecular formula is C22H30F2N6O3S3. The average molecular weight is 561 g/mol. The lowest BCUT2D eigenvalue weighted by atomic mass is 9.89. The van der Waals surface area contributed by atoms with Gasteiger partial charge in [-0.2, -0.15) is 5.10 Å². The number of aryl methyl sites for hydroxylation is 3. The fourth-order valence-corrected chi connectivity index (χ4v) is 8.60. The van der Waals surface area contributed by atoms with Crippen LogP contribution < -0.4 is 20.1 Å². The van der Waals surface area contributed by atoms with Gasteiger partial charge >= 0.3 is 0 Å². The number of anilines is 2. The second-order valence-corrected chi connectivity index (χ2v) is 13.4. The second-order valence-electron chi connectivity index (χ2n) is 9.83. The maximum absolute atomic E-state index is 13.4. The van der Waals surface area contributed by atoms with E-state index in [-0.39, 0.29) is 22.8 Å². The number of carbonyl (C=O) groups is 1. The summed E-state index contributed by atoms with van der Waals surface area (Å²) in [5, 5.41) is 10.7. The van der Waals surface area contributed by atoms with E-state index in [4.69, 9.17) is 0 Å². The number of rotatable bonds is 10. The lowest BCUT2D eigenvalue weighted by molar-refractivity contribution is -0.117. The van der Waals surface area contributed by atoms with Gasteiger partial charge in [0.2, 0.25) is 15.9 Å². The van der Waals surface area contributed by atoms with Crippen LogP contribution in [-0.2, 0) is 34.7 Å². The highest BCUT2D eigenvalue weighted by Gasteiger charge is 2.47. The van der Waals surface area contributed by atoms with Gasteiger partial charge in [-0.25, -0.2) is 21.9 Å². The molecular weight excluding hydrogens is 530 g/mol. The molecule has 2 aromatic rings. The molecule has 2 aromatic heterocycles. The van der Waals surface area contributed by atoms with Crippen molar-refractivity contribution in [3.05, 3.63) is 22.2 Å². The van der Waals surface area contributed by atoms with E-state index >= 15 is 0 Å². The van der Waals surface area contributed by atoms with Gasteiger partial charge in [0, 0.05) is 48.8 Å². The molecule has 1 atom stereocenters. The number of fused-ring (bicyclic) bond motifs is 1. The molecule has 4 N–H and O–H groups in total. The van der Waals surface area contributed by atoms with E-state index in [9.17, 15) is 22.0 Å². The molecule has 14 heteroatoms. The number of alkyl halides is 2. The summed E-state index contributed by atoms with van der Waals surface area (Å²) in [4.78, 5) is 13.4. The van der Waals surface area contributed by atoms with Crippen molar-refractivity contribution >= 4 is 50.0 Å². The van der Waals surface area contributed by atoms with Crippen LogP contribution in [-0.4, -0.2) is 48.0 Å². The van der Waals surface area contributed by atoms with Crippen LogP contribution in [0.5, 0.6) is 0 Å². The number of sulfonamides is 1. The first kappa shape index (κ1) is 25.9. The summed E-state index contributed by atoms with van der Waals surface area (Å²) in [6.07, 6.45) is 2.55. The van der Waals surface area contributed by atoms with E-state index in [1.165, 1.54) is 23.3 Å². The minimum atomic E-state index is -4.08. The summed E-state index contributed by atoms with van der Waals surface area (Å²) in [5.41, 5.74) is 1.59. The van der Waals surface area contributed by atoms with Gasteiger partial charge in [0.1, 0.15) is 15.7 Å². The monoisotopic (exact) mass is 560 g/mol. The van der Waals surface area contributed by atoms with Crippen molar-refractivity contribution in [3.8, 4) is 0 Å². The van der Waals surface area contributed by atoms with Crippen LogP contribution >= 0.6 is 23.3 Å². The zero-order chi connectivity index (χ0) is 25.7. The van der Waals surface area contributed by atoms with E-state index in [1.54, 1.807) is 4.68 Å². The van der Waals surface area contributed by atoms with Gasteiger partial charge in [-0.3, -0.25) is 14.2 Å². The Kier molecular flexibility index (Phi) is 7.09. The SMILES string of the molecule is Cc1cc(NCSN[C@H]2CCc3sc(NC(=O)C4CC4)c(S(=O)(=O)NC4CC(F)(F)C4)c3C2)n(C)n1. The number of hydrogen-bond acceptors (Lipinski definition) is 8. The Balaban J connectivity index is 1.28. The molecule has 3 aliphatic rings. The maximum Gasteiger partial charge on any atom is 0.251 e. The molecule has 36 heavy (non-hydrogen) atoms. The van der Waals surface area contributed by atoms with Crippen molar-refractivity contribution in [2.75, 3.05) is 16.5 Å². The van der Waals surface area contributed by atoms with Gasteiger partial charge in [-0.1, -0.05) is 11.9 Å². The lowest BCUT2D eigenvalue weighted by Crippen LogP contribution is -2.50. The summed E-state index contributed by atoms with van der Waals surface area (Å²) in [7, 11) is -2.21. The molecule has 1 amide bonds. The Hall–Kier alpha value is -1.74. The first-order chi connectivity index (χ1) is 17.0. The first-order valence-electron chi connectivity index (χ1n) is 12.0. The van der Waals surface area contributed by atoms with Crippen molar-refractivity contribution in [2.45, 2.75) is 74.8 Å². The molecule has 198 valence electrons. The number of halogens is 2. The summed E-state index contributed by atoms with van der Waals surface area (Å²) < 4.78 is 61.1. The molecule has 3 aliphatic carbocycles. The van der Waals surface area contributed by atoms with E-state index in [2.05, 4.69) is 25.2 Å². The summed E-state index contributed by atoms with van der Waals surface area (Å²) in [6, 6.07) is 1.18. The Bertz CT molecular complexity index is 1250. The summed E-state index contributed by atoms with van der Waals surface area (Å²) >= 11 is 2.79. The zero-order valence-corrected chi connectivity index (χ0v) is 22.5. The van der Waals surface area contributed by atoms with Crippen LogP contribution in [0.4, 0.5) is 19.6 Å². The predicted molar refractivity (Wildman–Crippen MR) is 137 cm³/mol. The van der Waals surface area contributed by atoms with E-state index in [1.807, 2.05) is 20.0 Å². The van der Waals surface area contributed by atoms with Crippen LogP contribution in [0.1, 0.15) is 48.2 Å². The van der Waals surface area contributed by atoms with Gasteiger partial charge in [-0.15, -0.1) is 11.3 Å². The van der Waals surface area contributed by atoms with Crippen molar-refractivity contribution in [3.63, 3.8) is 0 Å². The molecule has 0 radical (unpaired) electrons. The molecule has 0 unspecified atom stereocenters. The Morgan fingerprint density at radius 2 is 2.03 bits per heavy atom. The molecule has 0 aromatic carbocycles. The van der Waals surface area contributed by atoms with E-state index < -0.39 is 34.8 Å². The van der Waals surface area contributed by atoms with Crippen LogP contribution in [0.25, 0.3) is 0 Å². The van der Waals surface area contributed by atoms with Crippen LogP contribution in [0.3, 0.4) is 0 Å². The fraction of sp³-hybridized carbons (Fsp3) is 0.636. The van der Waals surface area contributed by atoms with Crippen molar-refractivity contribution < 1.29 is 22.0 Å². The van der Waals surface area contributed by atoms with Crippen molar-refractivity contribution in [1.29, 1.82) is 0 Å². The predicted octanol–water partition coefficient (Wildman–Crippen LogP) is 3.38. The Labute approximate surface area is 217 Å². The fourth-order valence-electron chi connectivity index (χ4n) is 4.65. The van der Waals surface area contributed by atoms with Gasteiger partial charge < -0.3 is 10.6 Å². The zero-order valence-electron chi connectivity index (χ0n) is 20.1. The number of hydrogen-bond donors (Lipinski definition) is 4. The topological polar surface area (TPSA) is 117 Å². The molecule has 2 fully saturated rings. The van der Waals surface area contributed by atoms with Crippen molar-refractivity contribution in [2.24, 2.45) is 13.0 Å². The second kappa shape index (κ2) is 9.86. The summed E-state index contributed by atoms with van der Waals surface area (Å²) in [5.74, 6) is -1.60. The molecule has 0 bridgehead atoms. The van der Waals surface area contributed by atoms with Gasteiger partial charge in [0.05, 0.1) is 11.6 Å². The van der Waals surface area contributed by atoms with Crippen LogP contribution in [0.15, 0.2) is 11.0 Å². The highest BCUT2D eigenvalue weighted by Crippen LogP contribution is 2.44. The molecule has 0 saturated heterocycles. The number of aromatic nitrogens is 2. The first-order valence-corrected chi connectivity index (χ1v) is 15.3. The minimum absolute atomic E-state index is 0.0288. The quantitative estimate of drug-likeness (QED) is 0.200. The molecule has 0 aliphatic heterocycles. The molecule has 2 saturated carbocycles. The number of carbonyl (C=O) groups excluding carboxylic acids is 1. The van der Waals surface area contributed by atoms with Gasteiger partial charge in [0.25, 0.3) is 5.92 Å². The number of nitrogens with one attached hydrogen (secondary N) is 4. The third-order valence-corrected chi connectivity index (χ3v) is 10.4. The smallest absolute Gasteiger partial charge is 0.251 e. The largest absolute Gasteiger partial charge is 0.360 e. The number of amides is 1. The number of nitrogens with zero attached hydrogens (tertiary/aromatic N) is 2. The van der Waals surface area contributed by atoms with Gasteiger partial charge in [-0.05, 0) is 44.6 Å². The average Bonchev–Trinajstić information content (AvgIpc) is 3.48. The molecule has 5 rings (SSSR count). The van der Waals surface area contributed by atoms with Gasteiger partial charge in [0.15, 0.2) is 0 Å². The van der Waals surface area contributed by atoms with Crippen LogP contribution in [0.2, 0.25) is 0 Å². The number of thiophene rings is 1. The third-order valence-electron chi connectivity index (χ3n) is 6.66. The van der Waals surface area contributed by atoms with E-state index in [0.29, 0.717) is 29.3 Å². The maximum atomic E-state index is 13.4. The lowest BCUT2D eigenvalue weighted by Gasteiger charge is -2.35.